The van der Waals surface area contributed by atoms with Crippen molar-refractivity contribution in [1.82, 2.24) is 19.6 Å². The average Bonchev–Trinajstić information content (AvgIpc) is 3.28. The van der Waals surface area contributed by atoms with Crippen molar-refractivity contribution in [3.05, 3.63) is 47.3 Å². The topological polar surface area (TPSA) is 41.4 Å². The number of nitrogens with zero attached hydrogens (tertiary/aromatic N) is 4. The molecule has 0 N–H and O–H groups in total. The van der Waals surface area contributed by atoms with E-state index in [4.69, 9.17) is 5.10 Å². The Hall–Kier alpha value is -2.14. The van der Waals surface area contributed by atoms with Crippen LogP contribution in [-0.2, 0) is 12.8 Å². The maximum absolute atomic E-state index is 12.0. The van der Waals surface area contributed by atoms with E-state index in [9.17, 15) is 4.79 Å². The second kappa shape index (κ2) is 7.23. The van der Waals surface area contributed by atoms with Gasteiger partial charge in [0.15, 0.2) is 0 Å². The average molecular weight is 352 g/mol. The lowest BCUT2D eigenvalue weighted by Crippen LogP contribution is -2.35. The summed E-state index contributed by atoms with van der Waals surface area (Å²) in [5.74, 6) is 0.0276. The van der Waals surface area contributed by atoms with E-state index in [0.29, 0.717) is 5.56 Å². The summed E-state index contributed by atoms with van der Waals surface area (Å²) in [6.07, 6.45) is 9.83. The minimum atomic E-state index is 0.0276. The Bertz CT molecular complexity index is 746. The lowest BCUT2D eigenvalue weighted by atomic mass is 10.1. The number of carbonyl (C=O) groups excluding carboxylic acids is 1. The van der Waals surface area contributed by atoms with Gasteiger partial charge in [-0.3, -0.25) is 9.69 Å². The number of hydrogen-bond acceptors (Lipinski definition) is 3. The zero-order valence-electron chi connectivity index (χ0n) is 15.8. The van der Waals surface area contributed by atoms with E-state index < -0.39 is 0 Å². The molecule has 0 saturated heterocycles. The summed E-state index contributed by atoms with van der Waals surface area (Å²) in [7, 11) is 3.55. The summed E-state index contributed by atoms with van der Waals surface area (Å²) < 4.78 is 1.97. The van der Waals surface area contributed by atoms with Crippen LogP contribution in [0.2, 0.25) is 0 Å². The minimum absolute atomic E-state index is 0.0276. The first-order valence-electron chi connectivity index (χ1n) is 9.75. The molecule has 4 rings (SSSR count). The molecule has 0 unspecified atom stereocenters. The molecule has 1 fully saturated rings. The molecule has 0 bridgehead atoms. The Balaban J connectivity index is 1.48. The maximum Gasteiger partial charge on any atom is 0.253 e. The Morgan fingerprint density at radius 1 is 1.08 bits per heavy atom. The molecule has 5 nitrogen and oxygen atoms in total. The van der Waals surface area contributed by atoms with Crippen molar-refractivity contribution >= 4 is 5.91 Å². The molecule has 0 atom stereocenters. The predicted molar refractivity (Wildman–Crippen MR) is 103 cm³/mol. The lowest BCUT2D eigenvalue weighted by Gasteiger charge is -2.26. The van der Waals surface area contributed by atoms with Gasteiger partial charge in [-0.05, 0) is 49.1 Å². The molecule has 1 aromatic carbocycles. The fourth-order valence-electron chi connectivity index (χ4n) is 4.27. The highest BCUT2D eigenvalue weighted by Crippen LogP contribution is 2.26. The zero-order valence-corrected chi connectivity index (χ0v) is 15.8. The third kappa shape index (κ3) is 3.40. The van der Waals surface area contributed by atoms with Gasteiger partial charge in [0.25, 0.3) is 5.91 Å². The molecule has 1 amide bonds. The molecule has 1 aromatic heterocycles. The number of benzene rings is 1. The number of hydrogen-bond donors (Lipinski definition) is 0. The highest BCUT2D eigenvalue weighted by Gasteiger charge is 2.25. The van der Waals surface area contributed by atoms with Crippen molar-refractivity contribution in [2.75, 3.05) is 27.2 Å². The standard InChI is InChI=1S/C21H28N4O/c1-23(2)21(26)16-7-9-19(10-8-16)25-15-17-11-13-24(14-12-20(17)22-25)18-5-3-4-6-18/h7-10,15,18H,3-6,11-14H2,1-2H3. The fraction of sp³-hybridized carbons (Fsp3) is 0.524. The van der Waals surface area contributed by atoms with Crippen LogP contribution in [-0.4, -0.2) is 58.7 Å². The Labute approximate surface area is 155 Å². The van der Waals surface area contributed by atoms with Crippen LogP contribution in [0.15, 0.2) is 30.5 Å². The van der Waals surface area contributed by atoms with Crippen LogP contribution in [0, 0.1) is 0 Å². The van der Waals surface area contributed by atoms with Gasteiger partial charge in [0.1, 0.15) is 0 Å². The van der Waals surface area contributed by atoms with Crippen molar-refractivity contribution in [3.63, 3.8) is 0 Å². The van der Waals surface area contributed by atoms with Crippen LogP contribution in [0.25, 0.3) is 5.69 Å². The summed E-state index contributed by atoms with van der Waals surface area (Å²) in [5.41, 5.74) is 4.33. The number of amides is 1. The Morgan fingerprint density at radius 3 is 2.46 bits per heavy atom. The Morgan fingerprint density at radius 2 is 1.77 bits per heavy atom. The van der Waals surface area contributed by atoms with E-state index in [1.165, 1.54) is 36.9 Å². The van der Waals surface area contributed by atoms with Crippen molar-refractivity contribution < 1.29 is 4.79 Å². The van der Waals surface area contributed by atoms with E-state index in [2.05, 4.69) is 11.1 Å². The van der Waals surface area contributed by atoms with Crippen molar-refractivity contribution in [3.8, 4) is 5.69 Å². The van der Waals surface area contributed by atoms with Crippen LogP contribution in [0.5, 0.6) is 0 Å². The molecule has 1 aliphatic heterocycles. The smallest absolute Gasteiger partial charge is 0.253 e. The molecular weight excluding hydrogens is 324 g/mol. The summed E-state index contributed by atoms with van der Waals surface area (Å²) >= 11 is 0. The van der Waals surface area contributed by atoms with E-state index in [-0.39, 0.29) is 5.91 Å². The summed E-state index contributed by atoms with van der Waals surface area (Å²) in [4.78, 5) is 16.3. The fourth-order valence-corrected chi connectivity index (χ4v) is 4.27. The molecule has 2 aliphatic rings. The lowest BCUT2D eigenvalue weighted by molar-refractivity contribution is 0.0827. The second-order valence-corrected chi connectivity index (χ2v) is 7.77. The molecule has 0 spiro atoms. The van der Waals surface area contributed by atoms with Crippen LogP contribution in [0.1, 0.15) is 47.3 Å². The van der Waals surface area contributed by atoms with Crippen molar-refractivity contribution in [2.45, 2.75) is 44.6 Å². The van der Waals surface area contributed by atoms with Crippen LogP contribution >= 0.6 is 0 Å². The number of aromatic nitrogens is 2. The minimum Gasteiger partial charge on any atom is -0.345 e. The van der Waals surface area contributed by atoms with E-state index >= 15 is 0 Å². The third-order valence-corrected chi connectivity index (χ3v) is 5.81. The van der Waals surface area contributed by atoms with E-state index in [1.54, 1.807) is 19.0 Å². The molecule has 1 aliphatic carbocycles. The van der Waals surface area contributed by atoms with Crippen LogP contribution in [0.4, 0.5) is 0 Å². The number of carbonyl (C=O) groups is 1. The van der Waals surface area contributed by atoms with Crippen LogP contribution < -0.4 is 0 Å². The molecule has 26 heavy (non-hydrogen) atoms. The highest BCUT2D eigenvalue weighted by atomic mass is 16.2. The second-order valence-electron chi connectivity index (χ2n) is 7.77. The largest absolute Gasteiger partial charge is 0.345 e. The third-order valence-electron chi connectivity index (χ3n) is 5.81. The van der Waals surface area contributed by atoms with Gasteiger partial charge >= 0.3 is 0 Å². The van der Waals surface area contributed by atoms with Gasteiger partial charge in [0.2, 0.25) is 0 Å². The number of fused-ring (bicyclic) bond motifs is 1. The molecular formula is C21H28N4O. The van der Waals surface area contributed by atoms with Gasteiger partial charge in [0.05, 0.1) is 11.4 Å². The van der Waals surface area contributed by atoms with Gasteiger partial charge in [-0.25, -0.2) is 4.68 Å². The van der Waals surface area contributed by atoms with Gasteiger partial charge in [-0.15, -0.1) is 0 Å². The van der Waals surface area contributed by atoms with Gasteiger partial charge in [-0.1, -0.05) is 12.8 Å². The molecule has 138 valence electrons. The van der Waals surface area contributed by atoms with Gasteiger partial charge in [0, 0.05) is 51.4 Å². The normalized spacial score (nSPS) is 18.5. The molecule has 2 heterocycles. The monoisotopic (exact) mass is 352 g/mol. The SMILES string of the molecule is CN(C)C(=O)c1ccc(-n2cc3c(n2)CCN(C2CCCC2)CC3)cc1. The van der Waals surface area contributed by atoms with E-state index in [0.717, 1.165) is 37.7 Å². The summed E-state index contributed by atoms with van der Waals surface area (Å²) in [5, 5.41) is 4.85. The maximum atomic E-state index is 12.0. The van der Waals surface area contributed by atoms with Gasteiger partial charge < -0.3 is 4.90 Å². The van der Waals surface area contributed by atoms with Crippen LogP contribution in [0.3, 0.4) is 0 Å². The molecule has 5 heteroatoms. The first-order chi connectivity index (χ1) is 12.6. The first kappa shape index (κ1) is 17.3. The van der Waals surface area contributed by atoms with Gasteiger partial charge in [-0.2, -0.15) is 5.10 Å². The summed E-state index contributed by atoms with van der Waals surface area (Å²) in [6, 6.07) is 8.52. The highest BCUT2D eigenvalue weighted by molar-refractivity contribution is 5.94. The zero-order chi connectivity index (χ0) is 18.1. The quantitative estimate of drug-likeness (QED) is 0.853. The number of rotatable bonds is 3. The van der Waals surface area contributed by atoms with E-state index in [1.807, 2.05) is 28.9 Å². The Kier molecular flexibility index (Phi) is 4.81. The summed E-state index contributed by atoms with van der Waals surface area (Å²) in [6.45, 7) is 2.28. The van der Waals surface area contributed by atoms with Crippen molar-refractivity contribution in [2.24, 2.45) is 0 Å². The molecule has 0 radical (unpaired) electrons. The molecule has 1 saturated carbocycles. The van der Waals surface area contributed by atoms with Crippen molar-refractivity contribution in [1.29, 1.82) is 0 Å². The molecule has 2 aromatic rings. The first-order valence-corrected chi connectivity index (χ1v) is 9.75. The predicted octanol–water partition coefficient (Wildman–Crippen LogP) is 2.92.